The maximum atomic E-state index is 13.6. The third-order valence-corrected chi connectivity index (χ3v) is 9.80. The van der Waals surface area contributed by atoms with E-state index < -0.39 is 32.5 Å². The van der Waals surface area contributed by atoms with Crippen LogP contribution in [0.5, 0.6) is 11.5 Å². The number of anilines is 2. The largest absolute Gasteiger partial charge is 0.497 e. The molecule has 4 rings (SSSR count). The highest BCUT2D eigenvalue weighted by Gasteiger charge is 2.30. The lowest BCUT2D eigenvalue weighted by Gasteiger charge is -2.26. The lowest BCUT2D eigenvalue weighted by molar-refractivity contribution is -0.114. The second kappa shape index (κ2) is 11.4. The Balaban J connectivity index is 1.60. The molecule has 10 nitrogen and oxygen atoms in total. The van der Waals surface area contributed by atoms with Crippen LogP contribution in [0.25, 0.3) is 0 Å². The summed E-state index contributed by atoms with van der Waals surface area (Å²) in [6, 6.07) is 18.2. The molecule has 1 aliphatic heterocycles. The van der Waals surface area contributed by atoms with Crippen LogP contribution in [-0.4, -0.2) is 60.9 Å². The highest BCUT2D eigenvalue weighted by Crippen LogP contribution is 2.35. The Labute approximate surface area is 222 Å². The van der Waals surface area contributed by atoms with E-state index in [1.165, 1.54) is 67.1 Å². The van der Waals surface area contributed by atoms with Crippen LogP contribution in [0.4, 0.5) is 11.4 Å². The van der Waals surface area contributed by atoms with Crippen molar-refractivity contribution in [2.45, 2.75) is 22.6 Å². The molecule has 38 heavy (non-hydrogen) atoms. The van der Waals surface area contributed by atoms with Crippen molar-refractivity contribution in [1.82, 2.24) is 4.31 Å². The van der Waals surface area contributed by atoms with Gasteiger partial charge in [-0.15, -0.1) is 0 Å². The van der Waals surface area contributed by atoms with Crippen LogP contribution in [0.1, 0.15) is 12.8 Å². The number of amides is 1. The number of carbonyl (C=O) groups excluding carboxylic acids is 1. The van der Waals surface area contributed by atoms with E-state index in [1.807, 2.05) is 0 Å². The normalized spacial score (nSPS) is 14.2. The number of nitrogens with zero attached hydrogens (tertiary/aromatic N) is 2. The van der Waals surface area contributed by atoms with Crippen molar-refractivity contribution in [3.05, 3.63) is 72.8 Å². The average Bonchev–Trinajstić information content (AvgIpc) is 3.48. The predicted molar refractivity (Wildman–Crippen MR) is 144 cm³/mol. The third kappa shape index (κ3) is 5.77. The second-order valence-corrected chi connectivity index (χ2v) is 12.3. The van der Waals surface area contributed by atoms with Gasteiger partial charge in [-0.2, -0.15) is 4.31 Å². The highest BCUT2D eigenvalue weighted by molar-refractivity contribution is 7.93. The van der Waals surface area contributed by atoms with Crippen molar-refractivity contribution in [2.24, 2.45) is 0 Å². The van der Waals surface area contributed by atoms with Crippen LogP contribution in [-0.2, 0) is 24.8 Å². The molecular weight excluding hydrogens is 530 g/mol. The molecule has 0 bridgehead atoms. The summed E-state index contributed by atoms with van der Waals surface area (Å²) in [5, 5.41) is 2.65. The van der Waals surface area contributed by atoms with Crippen LogP contribution in [0.2, 0.25) is 0 Å². The lowest BCUT2D eigenvalue weighted by Crippen LogP contribution is -2.38. The number of ether oxygens (including phenoxy) is 2. The summed E-state index contributed by atoms with van der Waals surface area (Å²) in [5.41, 5.74) is 0.480. The molecule has 0 aliphatic carbocycles. The van der Waals surface area contributed by atoms with E-state index >= 15 is 0 Å². The number of hydrogen-bond acceptors (Lipinski definition) is 7. The van der Waals surface area contributed by atoms with Crippen LogP contribution in [0, 0.1) is 0 Å². The molecule has 0 radical (unpaired) electrons. The summed E-state index contributed by atoms with van der Waals surface area (Å²) in [6.07, 6.45) is 1.66. The van der Waals surface area contributed by atoms with Crippen LogP contribution in [0.3, 0.4) is 0 Å². The van der Waals surface area contributed by atoms with Crippen LogP contribution < -0.4 is 19.1 Å². The number of hydrogen-bond donors (Lipinski definition) is 1. The summed E-state index contributed by atoms with van der Waals surface area (Å²) in [5.74, 6) is 0.0294. The van der Waals surface area contributed by atoms with Crippen molar-refractivity contribution in [3.63, 3.8) is 0 Å². The maximum Gasteiger partial charge on any atom is 0.264 e. The monoisotopic (exact) mass is 559 g/mol. The Kier molecular flexibility index (Phi) is 8.24. The van der Waals surface area contributed by atoms with Crippen LogP contribution in [0.15, 0.2) is 82.6 Å². The summed E-state index contributed by atoms with van der Waals surface area (Å²) in [7, 11) is -4.89. The lowest BCUT2D eigenvalue weighted by atomic mass is 10.2. The van der Waals surface area contributed by atoms with Gasteiger partial charge in [0.15, 0.2) is 0 Å². The SMILES string of the molecule is COc1ccc(N(CC(=O)Nc2ccc(S(=O)(=O)N3CCCC3)cc2)S(=O)(=O)c2ccccc2)c(OC)c1. The third-order valence-electron chi connectivity index (χ3n) is 6.11. The summed E-state index contributed by atoms with van der Waals surface area (Å²) >= 11 is 0. The molecule has 1 saturated heterocycles. The van der Waals surface area contributed by atoms with E-state index in [0.29, 0.717) is 24.5 Å². The van der Waals surface area contributed by atoms with E-state index in [4.69, 9.17) is 9.47 Å². The van der Waals surface area contributed by atoms with Gasteiger partial charge in [-0.25, -0.2) is 16.8 Å². The highest BCUT2D eigenvalue weighted by atomic mass is 32.2. The van der Waals surface area contributed by atoms with Crippen molar-refractivity contribution in [2.75, 3.05) is 43.5 Å². The standard InChI is InChI=1S/C26H29N3O7S2/c1-35-21-12-15-24(25(18-21)36-2)29(38(33,34)22-8-4-3-5-9-22)19-26(30)27-20-10-13-23(14-11-20)37(31,32)28-16-6-7-17-28/h3-5,8-15,18H,6-7,16-17,19H2,1-2H3,(H,27,30). The first-order chi connectivity index (χ1) is 18.2. The molecule has 3 aromatic carbocycles. The van der Waals surface area contributed by atoms with Gasteiger partial charge in [-0.05, 0) is 61.4 Å². The van der Waals surface area contributed by atoms with Gasteiger partial charge in [0.05, 0.1) is 29.7 Å². The predicted octanol–water partition coefficient (Wildman–Crippen LogP) is 3.32. The number of rotatable bonds is 10. The molecular formula is C26H29N3O7S2. The molecule has 1 N–H and O–H groups in total. The molecule has 0 saturated carbocycles. The molecule has 1 amide bonds. The molecule has 1 heterocycles. The first kappa shape index (κ1) is 27.4. The van der Waals surface area contributed by atoms with Crippen molar-refractivity contribution in [1.29, 1.82) is 0 Å². The Morgan fingerprint density at radius 3 is 2.13 bits per heavy atom. The minimum absolute atomic E-state index is 0.00198. The molecule has 0 unspecified atom stereocenters. The van der Waals surface area contributed by atoms with Crippen molar-refractivity contribution in [3.8, 4) is 11.5 Å². The summed E-state index contributed by atoms with van der Waals surface area (Å²) in [4.78, 5) is 13.2. The Morgan fingerprint density at radius 2 is 1.53 bits per heavy atom. The van der Waals surface area contributed by atoms with E-state index in [0.717, 1.165) is 17.1 Å². The van der Waals surface area contributed by atoms with E-state index in [2.05, 4.69) is 5.32 Å². The van der Waals surface area contributed by atoms with E-state index in [-0.39, 0.29) is 21.2 Å². The molecule has 1 fully saturated rings. The van der Waals surface area contributed by atoms with Gasteiger partial charge in [0.2, 0.25) is 15.9 Å². The van der Waals surface area contributed by atoms with Gasteiger partial charge < -0.3 is 14.8 Å². The molecule has 1 aliphatic rings. The molecule has 0 spiro atoms. The minimum atomic E-state index is -4.16. The number of benzene rings is 3. The second-order valence-electron chi connectivity index (χ2n) is 8.55. The number of nitrogens with one attached hydrogen (secondary N) is 1. The first-order valence-electron chi connectivity index (χ1n) is 11.9. The Hall–Kier alpha value is -3.61. The zero-order chi connectivity index (χ0) is 27.3. The van der Waals surface area contributed by atoms with Gasteiger partial charge >= 0.3 is 0 Å². The molecule has 12 heteroatoms. The quantitative estimate of drug-likeness (QED) is 0.404. The van der Waals surface area contributed by atoms with Crippen molar-refractivity contribution < 1.29 is 31.1 Å². The van der Waals surface area contributed by atoms with Gasteiger partial charge in [0, 0.05) is 24.8 Å². The first-order valence-corrected chi connectivity index (χ1v) is 14.7. The Morgan fingerprint density at radius 1 is 0.868 bits per heavy atom. The van der Waals surface area contributed by atoms with Gasteiger partial charge in [-0.1, -0.05) is 18.2 Å². The molecule has 0 atom stereocenters. The smallest absolute Gasteiger partial charge is 0.264 e. The number of methoxy groups -OCH3 is 2. The van der Waals surface area contributed by atoms with Gasteiger partial charge in [-0.3, -0.25) is 9.10 Å². The molecule has 0 aromatic heterocycles. The number of sulfonamides is 2. The minimum Gasteiger partial charge on any atom is -0.497 e. The molecule has 202 valence electrons. The topological polar surface area (TPSA) is 122 Å². The fraction of sp³-hybridized carbons (Fsp3) is 0.269. The maximum absolute atomic E-state index is 13.6. The fourth-order valence-electron chi connectivity index (χ4n) is 4.13. The summed E-state index contributed by atoms with van der Waals surface area (Å²) in [6.45, 7) is 0.413. The summed E-state index contributed by atoms with van der Waals surface area (Å²) < 4.78 is 65.8. The van der Waals surface area contributed by atoms with Gasteiger partial charge in [0.1, 0.15) is 18.0 Å². The van der Waals surface area contributed by atoms with E-state index in [9.17, 15) is 21.6 Å². The fourth-order valence-corrected chi connectivity index (χ4v) is 7.10. The Bertz CT molecular complexity index is 1490. The van der Waals surface area contributed by atoms with Crippen molar-refractivity contribution >= 4 is 37.3 Å². The van der Waals surface area contributed by atoms with E-state index in [1.54, 1.807) is 24.3 Å². The van der Waals surface area contributed by atoms with Crippen LogP contribution >= 0.6 is 0 Å². The zero-order valence-electron chi connectivity index (χ0n) is 21.0. The van der Waals surface area contributed by atoms with Gasteiger partial charge in [0.25, 0.3) is 10.0 Å². The molecule has 3 aromatic rings. The average molecular weight is 560 g/mol. The number of carbonyl (C=O) groups is 1. The zero-order valence-corrected chi connectivity index (χ0v) is 22.7.